The van der Waals surface area contributed by atoms with Gasteiger partial charge in [-0.2, -0.15) is 22.0 Å². The molecule has 2 N–H and O–H groups in total. The fraction of sp³-hybridized carbons (Fsp3) is 0.333. The third kappa shape index (κ3) is 6.72. The van der Waals surface area contributed by atoms with Crippen molar-refractivity contribution in [2.75, 3.05) is 16.8 Å². The quantitative estimate of drug-likeness (QED) is 0.732. The van der Waals surface area contributed by atoms with Crippen molar-refractivity contribution in [2.45, 2.75) is 12.8 Å². The van der Waals surface area contributed by atoms with E-state index in [4.69, 9.17) is 5.11 Å². The van der Waals surface area contributed by atoms with E-state index in [9.17, 15) is 31.5 Å². The molecule has 0 spiro atoms. The molecule has 11 heteroatoms. The summed E-state index contributed by atoms with van der Waals surface area (Å²) in [5, 5.41) is 10.5. The number of rotatable bonds is 7. The molecule has 0 aliphatic rings. The summed E-state index contributed by atoms with van der Waals surface area (Å²) in [5.41, 5.74) is -1.74. The van der Waals surface area contributed by atoms with E-state index < -0.39 is 36.0 Å². The Morgan fingerprint density at radius 1 is 1.26 bits per heavy atom. The number of hydrogen-bond donors (Lipinski definition) is 2. The first-order chi connectivity index (χ1) is 10.6. The highest BCUT2D eigenvalue weighted by Gasteiger charge is 2.35. The molecule has 1 aromatic carbocycles. The maximum atomic E-state index is 12.8. The first-order valence-electron chi connectivity index (χ1n) is 5.85. The van der Waals surface area contributed by atoms with Crippen LogP contribution in [0, 0.1) is 0 Å². The number of ether oxygens (including phenoxy) is 1. The molecule has 1 amide bonds. The number of carboxylic acid groups (broad SMARTS) is 1. The van der Waals surface area contributed by atoms with E-state index in [0.717, 1.165) is 17.8 Å². The highest BCUT2D eigenvalue weighted by Crippen LogP contribution is 2.38. The second-order valence-electron chi connectivity index (χ2n) is 4.02. The minimum Gasteiger partial charge on any atom is -0.481 e. The smallest absolute Gasteiger partial charge is 0.420 e. The summed E-state index contributed by atoms with van der Waals surface area (Å²) in [6.07, 6.45) is -4.96. The zero-order valence-corrected chi connectivity index (χ0v) is 12.0. The van der Waals surface area contributed by atoms with Gasteiger partial charge in [0.05, 0.1) is 17.1 Å². The van der Waals surface area contributed by atoms with E-state index in [0.29, 0.717) is 12.1 Å². The van der Waals surface area contributed by atoms with Crippen LogP contribution in [0.4, 0.5) is 27.6 Å². The number of nitrogens with one attached hydrogen (secondary N) is 1. The number of carbonyl (C=O) groups is 2. The summed E-state index contributed by atoms with van der Waals surface area (Å²) in [5.74, 6) is -3.57. The highest BCUT2D eigenvalue weighted by molar-refractivity contribution is 8.00. The number of aliphatic carboxylic acids is 1. The van der Waals surface area contributed by atoms with E-state index in [-0.39, 0.29) is 17.2 Å². The van der Waals surface area contributed by atoms with Crippen LogP contribution in [0.1, 0.15) is 5.56 Å². The minimum atomic E-state index is -4.96. The van der Waals surface area contributed by atoms with Gasteiger partial charge in [-0.25, -0.2) is 0 Å². The monoisotopic (exact) mass is 359 g/mol. The molecule has 0 saturated carbocycles. The van der Waals surface area contributed by atoms with Gasteiger partial charge in [-0.3, -0.25) is 9.59 Å². The number of benzene rings is 1. The van der Waals surface area contributed by atoms with Gasteiger partial charge in [0.1, 0.15) is 5.75 Å². The van der Waals surface area contributed by atoms with Gasteiger partial charge in [0, 0.05) is 5.69 Å². The van der Waals surface area contributed by atoms with Gasteiger partial charge in [-0.05, 0) is 18.2 Å². The molecule has 0 fully saturated rings. The SMILES string of the molecule is O=C(O)CSCC(=O)Nc1ccc(OC(F)F)c(C(F)(F)F)c1. The van der Waals surface area contributed by atoms with Gasteiger partial charge in [0.2, 0.25) is 5.91 Å². The van der Waals surface area contributed by atoms with E-state index in [1.807, 2.05) is 0 Å². The largest absolute Gasteiger partial charge is 0.481 e. The highest BCUT2D eigenvalue weighted by atomic mass is 32.2. The van der Waals surface area contributed by atoms with Crippen molar-refractivity contribution in [1.82, 2.24) is 0 Å². The fourth-order valence-electron chi connectivity index (χ4n) is 1.46. The summed E-state index contributed by atoms with van der Waals surface area (Å²) in [7, 11) is 0. The predicted octanol–water partition coefficient (Wildman–Crippen LogP) is 3.06. The zero-order valence-electron chi connectivity index (χ0n) is 11.2. The molecule has 0 bridgehead atoms. The Balaban J connectivity index is 2.84. The van der Waals surface area contributed by atoms with Crippen LogP contribution in [0.2, 0.25) is 0 Å². The first kappa shape index (κ1) is 19.0. The van der Waals surface area contributed by atoms with E-state index in [2.05, 4.69) is 10.1 Å². The number of hydrogen-bond acceptors (Lipinski definition) is 4. The molecule has 1 rings (SSSR count). The van der Waals surface area contributed by atoms with Crippen LogP contribution in [-0.4, -0.2) is 35.1 Å². The lowest BCUT2D eigenvalue weighted by atomic mass is 10.1. The Morgan fingerprint density at radius 3 is 2.43 bits per heavy atom. The van der Waals surface area contributed by atoms with Crippen molar-refractivity contribution in [2.24, 2.45) is 0 Å². The Bertz CT molecular complexity index is 579. The number of carbonyl (C=O) groups excluding carboxylic acids is 1. The Morgan fingerprint density at radius 2 is 1.91 bits per heavy atom. The molecule has 0 atom stereocenters. The van der Waals surface area contributed by atoms with Crippen LogP contribution in [0.15, 0.2) is 18.2 Å². The number of alkyl halides is 5. The summed E-state index contributed by atoms with van der Waals surface area (Å²) < 4.78 is 66.4. The van der Waals surface area contributed by atoms with Gasteiger partial charge in [0.15, 0.2) is 0 Å². The molecule has 0 unspecified atom stereocenters. The second kappa shape index (κ2) is 7.99. The molecule has 0 heterocycles. The number of anilines is 1. The zero-order chi connectivity index (χ0) is 17.6. The molecular formula is C12H10F5NO4S. The first-order valence-corrected chi connectivity index (χ1v) is 7.00. The van der Waals surface area contributed by atoms with Crippen molar-refractivity contribution in [3.63, 3.8) is 0 Å². The lowest BCUT2D eigenvalue weighted by Gasteiger charge is -2.15. The van der Waals surface area contributed by atoms with Crippen LogP contribution in [0.5, 0.6) is 5.75 Å². The molecular weight excluding hydrogens is 349 g/mol. The average Bonchev–Trinajstić information content (AvgIpc) is 2.38. The second-order valence-corrected chi connectivity index (χ2v) is 5.01. The molecule has 5 nitrogen and oxygen atoms in total. The molecule has 23 heavy (non-hydrogen) atoms. The topological polar surface area (TPSA) is 75.6 Å². The Hall–Kier alpha value is -2.04. The third-order valence-corrected chi connectivity index (χ3v) is 3.16. The molecule has 0 aromatic heterocycles. The maximum absolute atomic E-state index is 12.8. The lowest BCUT2D eigenvalue weighted by molar-refractivity contribution is -0.142. The van der Waals surface area contributed by atoms with Gasteiger partial charge in [-0.1, -0.05) is 0 Å². The normalized spacial score (nSPS) is 11.4. The van der Waals surface area contributed by atoms with Crippen LogP contribution >= 0.6 is 11.8 Å². The van der Waals surface area contributed by atoms with Crippen LogP contribution in [-0.2, 0) is 15.8 Å². The fourth-order valence-corrected chi connectivity index (χ4v) is 1.99. The van der Waals surface area contributed by atoms with Gasteiger partial charge in [0.25, 0.3) is 0 Å². The maximum Gasteiger partial charge on any atom is 0.420 e. The van der Waals surface area contributed by atoms with Crippen molar-refractivity contribution in [3.05, 3.63) is 23.8 Å². The summed E-state index contributed by atoms with van der Waals surface area (Å²) >= 11 is 0.752. The Labute approximate surface area is 130 Å². The van der Waals surface area contributed by atoms with Gasteiger partial charge in [-0.15, -0.1) is 11.8 Å². The summed E-state index contributed by atoms with van der Waals surface area (Å²) in [6.45, 7) is -3.43. The number of carboxylic acids is 1. The van der Waals surface area contributed by atoms with Crippen LogP contribution in [0.25, 0.3) is 0 Å². The standard InChI is InChI=1S/C12H10F5NO4S/c13-11(14)22-8-2-1-6(3-7(8)12(15,16)17)18-9(19)4-23-5-10(20)21/h1-3,11H,4-5H2,(H,18,19)(H,20,21). The van der Waals surface area contributed by atoms with Crippen molar-refractivity contribution < 1.29 is 41.4 Å². The summed E-state index contributed by atoms with van der Waals surface area (Å²) in [4.78, 5) is 21.7. The van der Waals surface area contributed by atoms with Gasteiger partial charge < -0.3 is 15.2 Å². The molecule has 0 saturated heterocycles. The molecule has 0 radical (unpaired) electrons. The third-order valence-electron chi connectivity index (χ3n) is 2.24. The van der Waals surface area contributed by atoms with E-state index in [1.54, 1.807) is 0 Å². The molecule has 128 valence electrons. The summed E-state index contributed by atoms with van der Waals surface area (Å²) in [6, 6.07) is 2.08. The van der Waals surface area contributed by atoms with Crippen molar-refractivity contribution in [3.8, 4) is 5.75 Å². The molecule has 0 aliphatic heterocycles. The predicted molar refractivity (Wildman–Crippen MR) is 71.7 cm³/mol. The van der Waals surface area contributed by atoms with Crippen molar-refractivity contribution in [1.29, 1.82) is 0 Å². The lowest BCUT2D eigenvalue weighted by Crippen LogP contribution is -2.17. The molecule has 1 aromatic rings. The number of halogens is 5. The number of thioether (sulfide) groups is 1. The van der Waals surface area contributed by atoms with E-state index >= 15 is 0 Å². The average molecular weight is 359 g/mol. The minimum absolute atomic E-state index is 0.278. The van der Waals surface area contributed by atoms with Gasteiger partial charge >= 0.3 is 18.8 Å². The van der Waals surface area contributed by atoms with Crippen molar-refractivity contribution >= 4 is 29.3 Å². The van der Waals surface area contributed by atoms with Crippen LogP contribution < -0.4 is 10.1 Å². The Kier molecular flexibility index (Phi) is 6.61. The molecule has 0 aliphatic carbocycles. The number of amides is 1. The van der Waals surface area contributed by atoms with E-state index in [1.165, 1.54) is 0 Å². The van der Waals surface area contributed by atoms with Crippen LogP contribution in [0.3, 0.4) is 0 Å².